The van der Waals surface area contributed by atoms with Gasteiger partial charge in [-0.1, -0.05) is 11.6 Å². The minimum atomic E-state index is -4.49. The first-order valence-electron chi connectivity index (χ1n) is 8.11. The number of hydrogen-bond acceptors (Lipinski definition) is 3. The predicted octanol–water partition coefficient (Wildman–Crippen LogP) is 6.52. The highest BCUT2D eigenvalue weighted by Gasteiger charge is 2.31. The summed E-state index contributed by atoms with van der Waals surface area (Å²) < 4.78 is 49.3. The number of carbonyl (C=O) groups is 1. The average molecular weight is 407 g/mol. The number of benzene rings is 2. The molecule has 144 valence electrons. The van der Waals surface area contributed by atoms with E-state index in [1.807, 2.05) is 0 Å². The summed E-state index contributed by atoms with van der Waals surface area (Å²) in [4.78, 5) is 12.2. The van der Waals surface area contributed by atoms with Gasteiger partial charge < -0.3 is 9.15 Å². The van der Waals surface area contributed by atoms with E-state index in [-0.39, 0.29) is 22.1 Å². The highest BCUT2D eigenvalue weighted by atomic mass is 35.5. The molecular formula is C21H14ClF3O3. The summed E-state index contributed by atoms with van der Waals surface area (Å²) in [5, 5.41) is 0.132. The van der Waals surface area contributed by atoms with Gasteiger partial charge in [0.25, 0.3) is 0 Å². The molecule has 1 aromatic heterocycles. The van der Waals surface area contributed by atoms with Gasteiger partial charge in [0, 0.05) is 11.1 Å². The molecular weight excluding hydrogens is 393 g/mol. The Bertz CT molecular complexity index is 1020. The third-order valence-electron chi connectivity index (χ3n) is 3.96. The molecule has 0 saturated heterocycles. The predicted molar refractivity (Wildman–Crippen MR) is 101 cm³/mol. The van der Waals surface area contributed by atoms with E-state index in [1.165, 1.54) is 31.4 Å². The Balaban J connectivity index is 1.80. The van der Waals surface area contributed by atoms with Gasteiger partial charge in [-0.2, -0.15) is 13.2 Å². The van der Waals surface area contributed by atoms with Crippen LogP contribution < -0.4 is 4.74 Å². The van der Waals surface area contributed by atoms with Crippen LogP contribution in [0.3, 0.4) is 0 Å². The van der Waals surface area contributed by atoms with Gasteiger partial charge >= 0.3 is 6.18 Å². The summed E-state index contributed by atoms with van der Waals surface area (Å²) in [5.41, 5.74) is -0.238. The van der Waals surface area contributed by atoms with Crippen molar-refractivity contribution in [1.82, 2.24) is 0 Å². The van der Waals surface area contributed by atoms with Crippen molar-refractivity contribution in [3.05, 3.63) is 82.6 Å². The van der Waals surface area contributed by atoms with E-state index in [0.29, 0.717) is 17.1 Å². The van der Waals surface area contributed by atoms with Crippen LogP contribution in [-0.2, 0) is 6.18 Å². The van der Waals surface area contributed by atoms with Crippen LogP contribution in [0.4, 0.5) is 13.2 Å². The number of rotatable bonds is 5. The van der Waals surface area contributed by atoms with Gasteiger partial charge in [-0.05, 0) is 66.7 Å². The van der Waals surface area contributed by atoms with E-state index >= 15 is 0 Å². The molecule has 0 bridgehead atoms. The fraction of sp³-hybridized carbons (Fsp3) is 0.0952. The molecule has 7 heteroatoms. The van der Waals surface area contributed by atoms with Gasteiger partial charge in [0.15, 0.2) is 5.78 Å². The highest BCUT2D eigenvalue weighted by Crippen LogP contribution is 2.36. The highest BCUT2D eigenvalue weighted by molar-refractivity contribution is 6.33. The summed E-state index contributed by atoms with van der Waals surface area (Å²) in [5.74, 6) is 0.866. The number of halogens is 4. The molecule has 0 N–H and O–H groups in total. The van der Waals surface area contributed by atoms with Crippen LogP contribution in [0.25, 0.3) is 17.4 Å². The number of allylic oxidation sites excluding steroid dienone is 1. The monoisotopic (exact) mass is 406 g/mol. The normalized spacial score (nSPS) is 11.8. The van der Waals surface area contributed by atoms with Crippen molar-refractivity contribution in [3.63, 3.8) is 0 Å². The van der Waals surface area contributed by atoms with Crippen LogP contribution in [0, 0.1) is 0 Å². The number of ketones is 1. The fourth-order valence-electron chi connectivity index (χ4n) is 2.49. The zero-order chi connectivity index (χ0) is 20.3. The molecule has 0 radical (unpaired) electrons. The zero-order valence-corrected chi connectivity index (χ0v) is 15.3. The number of alkyl halides is 3. The molecule has 0 saturated carbocycles. The molecule has 3 aromatic rings. The van der Waals surface area contributed by atoms with Gasteiger partial charge in [0.05, 0.1) is 17.7 Å². The zero-order valence-electron chi connectivity index (χ0n) is 14.6. The summed E-state index contributed by atoms with van der Waals surface area (Å²) in [6.07, 6.45) is -1.73. The Kier molecular flexibility index (Phi) is 5.61. The Morgan fingerprint density at radius 3 is 2.43 bits per heavy atom. The Morgan fingerprint density at radius 1 is 1.07 bits per heavy atom. The Hall–Kier alpha value is -2.99. The topological polar surface area (TPSA) is 39.4 Å². The molecule has 0 fully saturated rings. The van der Waals surface area contributed by atoms with Crippen LogP contribution in [0.15, 0.2) is 65.1 Å². The smallest absolute Gasteiger partial charge is 0.416 e. The van der Waals surface area contributed by atoms with Crippen molar-refractivity contribution >= 4 is 23.5 Å². The lowest BCUT2D eigenvalue weighted by Gasteiger charge is -2.09. The SMILES string of the molecule is COc1ccc(C(=O)/C=C/c2ccc(-c3cc(C(F)(F)F)ccc3Cl)o2)cc1. The molecule has 28 heavy (non-hydrogen) atoms. The van der Waals surface area contributed by atoms with Gasteiger partial charge in [0.1, 0.15) is 17.3 Å². The summed E-state index contributed by atoms with van der Waals surface area (Å²) in [7, 11) is 1.53. The minimum Gasteiger partial charge on any atom is -0.497 e. The number of ether oxygens (including phenoxy) is 1. The second-order valence-corrected chi connectivity index (χ2v) is 6.23. The lowest BCUT2D eigenvalue weighted by atomic mass is 10.1. The van der Waals surface area contributed by atoms with Gasteiger partial charge in [0.2, 0.25) is 0 Å². The van der Waals surface area contributed by atoms with Crippen LogP contribution in [-0.4, -0.2) is 12.9 Å². The Labute approximate surface area is 164 Å². The van der Waals surface area contributed by atoms with E-state index < -0.39 is 11.7 Å². The molecule has 0 aliphatic heterocycles. The summed E-state index contributed by atoms with van der Waals surface area (Å²) in [6.45, 7) is 0. The standard InChI is InChI=1S/C21H14ClF3O3/c1-27-15-5-2-13(3-6-15)19(26)10-7-16-8-11-20(28-16)17-12-14(21(23,24)25)4-9-18(17)22/h2-12H,1H3/b10-7+. The van der Waals surface area contributed by atoms with E-state index in [2.05, 4.69) is 0 Å². The second-order valence-electron chi connectivity index (χ2n) is 5.82. The molecule has 0 atom stereocenters. The average Bonchev–Trinajstić information content (AvgIpc) is 3.14. The molecule has 0 spiro atoms. The van der Waals surface area contributed by atoms with Crippen LogP contribution in [0.5, 0.6) is 5.75 Å². The largest absolute Gasteiger partial charge is 0.497 e. The van der Waals surface area contributed by atoms with Crippen molar-refractivity contribution in [3.8, 4) is 17.1 Å². The summed E-state index contributed by atoms with van der Waals surface area (Å²) >= 11 is 6.01. The molecule has 3 rings (SSSR count). The number of carbonyl (C=O) groups excluding carboxylic acids is 1. The number of furan rings is 1. The molecule has 0 unspecified atom stereocenters. The molecule has 0 aliphatic rings. The third-order valence-corrected chi connectivity index (χ3v) is 4.29. The van der Waals surface area contributed by atoms with Gasteiger partial charge in [-0.25, -0.2) is 0 Å². The Morgan fingerprint density at radius 2 is 1.79 bits per heavy atom. The summed E-state index contributed by atoms with van der Waals surface area (Å²) in [6, 6.07) is 12.6. The van der Waals surface area contributed by atoms with Crippen LogP contribution in [0.1, 0.15) is 21.7 Å². The maximum absolute atomic E-state index is 12.9. The van der Waals surface area contributed by atoms with Crippen molar-refractivity contribution in [2.24, 2.45) is 0 Å². The fourth-order valence-corrected chi connectivity index (χ4v) is 2.70. The van der Waals surface area contributed by atoms with E-state index in [0.717, 1.165) is 12.1 Å². The lowest BCUT2D eigenvalue weighted by Crippen LogP contribution is -2.04. The van der Waals surface area contributed by atoms with Crippen molar-refractivity contribution < 1.29 is 27.1 Å². The maximum Gasteiger partial charge on any atom is 0.416 e. The second kappa shape index (κ2) is 7.94. The molecule has 1 heterocycles. The van der Waals surface area contributed by atoms with Gasteiger partial charge in [-0.15, -0.1) is 0 Å². The maximum atomic E-state index is 12.9. The molecule has 0 aliphatic carbocycles. The molecule has 2 aromatic carbocycles. The quantitative estimate of drug-likeness (QED) is 0.357. The molecule has 3 nitrogen and oxygen atoms in total. The van der Waals surface area contributed by atoms with Crippen molar-refractivity contribution in [2.45, 2.75) is 6.18 Å². The third kappa shape index (κ3) is 4.46. The van der Waals surface area contributed by atoms with Crippen molar-refractivity contribution in [1.29, 1.82) is 0 Å². The van der Waals surface area contributed by atoms with E-state index in [9.17, 15) is 18.0 Å². The number of methoxy groups -OCH3 is 1. The van der Waals surface area contributed by atoms with E-state index in [4.69, 9.17) is 20.8 Å². The van der Waals surface area contributed by atoms with Crippen LogP contribution >= 0.6 is 11.6 Å². The van der Waals surface area contributed by atoms with Gasteiger partial charge in [-0.3, -0.25) is 4.79 Å². The first kappa shape index (κ1) is 19.8. The van der Waals surface area contributed by atoms with Crippen LogP contribution in [0.2, 0.25) is 5.02 Å². The number of hydrogen-bond donors (Lipinski definition) is 0. The lowest BCUT2D eigenvalue weighted by molar-refractivity contribution is -0.137. The van der Waals surface area contributed by atoms with Crippen molar-refractivity contribution in [2.75, 3.05) is 7.11 Å². The van der Waals surface area contributed by atoms with E-state index in [1.54, 1.807) is 30.3 Å². The first-order valence-corrected chi connectivity index (χ1v) is 8.49. The molecule has 0 amide bonds. The first-order chi connectivity index (χ1) is 13.3. The minimum absolute atomic E-state index is 0.123.